The van der Waals surface area contributed by atoms with E-state index < -0.39 is 22.3 Å². The zero-order chi connectivity index (χ0) is 22.7. The Bertz CT molecular complexity index is 1040. The van der Waals surface area contributed by atoms with Crippen molar-refractivity contribution in [3.8, 4) is 17.2 Å². The summed E-state index contributed by atoms with van der Waals surface area (Å²) in [5, 5.41) is 0. The lowest BCUT2D eigenvalue weighted by atomic mass is 9.74. The zero-order valence-corrected chi connectivity index (χ0v) is 18.8. The van der Waals surface area contributed by atoms with Crippen molar-refractivity contribution >= 4 is 16.1 Å². The third-order valence-corrected chi connectivity index (χ3v) is 8.18. The molecule has 1 saturated heterocycles. The molecule has 2 aromatic carbocycles. The molecule has 0 bridgehead atoms. The van der Waals surface area contributed by atoms with Gasteiger partial charge in [-0.05, 0) is 73.7 Å². The molecule has 0 spiro atoms. The Kier molecular flexibility index (Phi) is 6.57. The van der Waals surface area contributed by atoms with Crippen LogP contribution in [-0.4, -0.2) is 38.7 Å². The quantitative estimate of drug-likeness (QED) is 0.695. The molecule has 0 radical (unpaired) electrons. The Hall–Kier alpha value is -2.78. The largest absolute Gasteiger partial charge is 0.497 e. The van der Waals surface area contributed by atoms with E-state index in [1.165, 1.54) is 16.4 Å². The monoisotopic (exact) mass is 460 g/mol. The molecule has 0 aromatic heterocycles. The number of carbonyl (C=O) groups is 1. The van der Waals surface area contributed by atoms with Crippen molar-refractivity contribution in [2.75, 3.05) is 13.7 Å². The number of amides is 1. The first kappa shape index (κ1) is 22.4. The fraction of sp³-hybridized carbons (Fsp3) is 0.435. The zero-order valence-electron chi connectivity index (χ0n) is 18.0. The van der Waals surface area contributed by atoms with Crippen LogP contribution in [0.4, 0.5) is 4.79 Å². The maximum atomic E-state index is 13.4. The van der Waals surface area contributed by atoms with Gasteiger partial charge in [-0.1, -0.05) is 12.8 Å². The lowest BCUT2D eigenvalue weighted by Gasteiger charge is -2.45. The van der Waals surface area contributed by atoms with Crippen LogP contribution in [0, 0.1) is 11.8 Å². The average molecular weight is 461 g/mol. The van der Waals surface area contributed by atoms with E-state index in [2.05, 4.69) is 0 Å². The maximum Gasteiger partial charge on any atom is 0.406 e. The standard InChI is InChI=1S/C23H28N2O6S/c1-29-17-6-8-18(9-7-17)30-19-10-12-20(13-11-19)32(27,28)25-15-14-16-4-2-3-5-21(16)22(25)31-23(24)26/h6-13,16,21-22H,2-5,14-15H2,1H3,(H2,24,26). The van der Waals surface area contributed by atoms with Gasteiger partial charge in [0.25, 0.3) is 0 Å². The summed E-state index contributed by atoms with van der Waals surface area (Å²) >= 11 is 0. The highest BCUT2D eigenvalue weighted by atomic mass is 32.2. The molecule has 8 nitrogen and oxygen atoms in total. The van der Waals surface area contributed by atoms with Gasteiger partial charge in [0.1, 0.15) is 17.2 Å². The van der Waals surface area contributed by atoms with Crippen molar-refractivity contribution in [2.45, 2.75) is 43.2 Å². The fourth-order valence-electron chi connectivity index (χ4n) is 4.72. The smallest absolute Gasteiger partial charge is 0.406 e. The van der Waals surface area contributed by atoms with Crippen molar-refractivity contribution in [1.29, 1.82) is 0 Å². The molecule has 1 saturated carbocycles. The summed E-state index contributed by atoms with van der Waals surface area (Å²) in [7, 11) is -2.29. The Morgan fingerprint density at radius 3 is 2.16 bits per heavy atom. The highest BCUT2D eigenvalue weighted by Crippen LogP contribution is 2.42. The van der Waals surface area contributed by atoms with E-state index in [0.29, 0.717) is 29.7 Å². The van der Waals surface area contributed by atoms with Crippen LogP contribution in [0.3, 0.4) is 0 Å². The topological polar surface area (TPSA) is 108 Å². The number of nitrogens with two attached hydrogens (primary N) is 1. The molecule has 2 aliphatic rings. The van der Waals surface area contributed by atoms with E-state index in [1.54, 1.807) is 43.5 Å². The summed E-state index contributed by atoms with van der Waals surface area (Å²) in [5.41, 5.74) is 5.29. The lowest BCUT2D eigenvalue weighted by molar-refractivity contribution is -0.0651. The fourth-order valence-corrected chi connectivity index (χ4v) is 6.29. The van der Waals surface area contributed by atoms with Crippen LogP contribution in [0.5, 0.6) is 17.2 Å². The molecule has 2 aromatic rings. The first-order chi connectivity index (χ1) is 15.4. The van der Waals surface area contributed by atoms with Gasteiger partial charge in [-0.2, -0.15) is 4.31 Å². The van der Waals surface area contributed by atoms with Gasteiger partial charge in [-0.25, -0.2) is 13.2 Å². The molecule has 172 valence electrons. The highest BCUT2D eigenvalue weighted by molar-refractivity contribution is 7.89. The second-order valence-electron chi connectivity index (χ2n) is 8.19. The number of piperidine rings is 1. The number of primary amides is 1. The number of carbonyl (C=O) groups excluding carboxylic acids is 1. The normalized spacial score (nSPS) is 23.7. The summed E-state index contributed by atoms with van der Waals surface area (Å²) in [4.78, 5) is 11.7. The van der Waals surface area contributed by atoms with E-state index in [1.807, 2.05) is 0 Å². The summed E-state index contributed by atoms with van der Waals surface area (Å²) in [5.74, 6) is 2.14. The molecule has 32 heavy (non-hydrogen) atoms. The van der Waals surface area contributed by atoms with E-state index in [-0.39, 0.29) is 10.8 Å². The number of ether oxygens (including phenoxy) is 3. The van der Waals surface area contributed by atoms with Gasteiger partial charge in [-0.15, -0.1) is 0 Å². The summed E-state index contributed by atoms with van der Waals surface area (Å²) in [6.07, 6.45) is 2.88. The van der Waals surface area contributed by atoms with Gasteiger partial charge in [-0.3, -0.25) is 0 Å². The van der Waals surface area contributed by atoms with Gasteiger partial charge in [0, 0.05) is 12.5 Å². The highest BCUT2D eigenvalue weighted by Gasteiger charge is 2.46. The van der Waals surface area contributed by atoms with E-state index >= 15 is 0 Å². The second kappa shape index (κ2) is 9.38. The number of sulfonamides is 1. The van der Waals surface area contributed by atoms with E-state index in [9.17, 15) is 13.2 Å². The molecule has 4 rings (SSSR count). The van der Waals surface area contributed by atoms with E-state index in [4.69, 9.17) is 19.9 Å². The van der Waals surface area contributed by atoms with Crippen molar-refractivity contribution in [1.82, 2.24) is 4.31 Å². The van der Waals surface area contributed by atoms with Gasteiger partial charge in [0.2, 0.25) is 10.0 Å². The average Bonchev–Trinajstić information content (AvgIpc) is 2.80. The molecule has 1 aliphatic heterocycles. The van der Waals surface area contributed by atoms with Crippen LogP contribution < -0.4 is 15.2 Å². The summed E-state index contributed by atoms with van der Waals surface area (Å²) < 4.78 is 44.4. The SMILES string of the molecule is COc1ccc(Oc2ccc(S(=O)(=O)N3CCC4CCCCC4C3OC(N)=O)cc2)cc1. The van der Waals surface area contributed by atoms with Crippen LogP contribution in [0.1, 0.15) is 32.1 Å². The van der Waals surface area contributed by atoms with Crippen LogP contribution >= 0.6 is 0 Å². The Morgan fingerprint density at radius 1 is 0.938 bits per heavy atom. The lowest BCUT2D eigenvalue weighted by Crippen LogP contribution is -2.54. The number of nitrogens with zero attached hydrogens (tertiary/aromatic N) is 1. The number of fused-ring (bicyclic) bond motifs is 1. The van der Waals surface area contributed by atoms with Gasteiger partial charge < -0.3 is 19.9 Å². The number of methoxy groups -OCH3 is 1. The molecular weight excluding hydrogens is 432 g/mol. The number of rotatable bonds is 6. The predicted octanol–water partition coefficient (Wildman–Crippen LogP) is 4.11. The maximum absolute atomic E-state index is 13.4. The molecular formula is C23H28N2O6S. The third kappa shape index (κ3) is 4.68. The minimum absolute atomic E-state index is 0.0301. The summed E-state index contributed by atoms with van der Waals surface area (Å²) in [6.45, 7) is 0.297. The van der Waals surface area contributed by atoms with Crippen LogP contribution in [0.25, 0.3) is 0 Å². The van der Waals surface area contributed by atoms with Gasteiger partial charge >= 0.3 is 6.09 Å². The molecule has 1 aliphatic carbocycles. The second-order valence-corrected chi connectivity index (χ2v) is 10.1. The van der Waals surface area contributed by atoms with Crippen molar-refractivity contribution in [3.05, 3.63) is 48.5 Å². The Labute approximate surface area is 188 Å². The van der Waals surface area contributed by atoms with Crippen molar-refractivity contribution in [2.24, 2.45) is 17.6 Å². The van der Waals surface area contributed by atoms with Crippen LogP contribution in [-0.2, 0) is 14.8 Å². The predicted molar refractivity (Wildman–Crippen MR) is 118 cm³/mol. The molecule has 3 unspecified atom stereocenters. The van der Waals surface area contributed by atoms with E-state index in [0.717, 1.165) is 32.1 Å². The van der Waals surface area contributed by atoms with Crippen LogP contribution in [0.15, 0.2) is 53.4 Å². The Balaban J connectivity index is 1.53. The summed E-state index contributed by atoms with van der Waals surface area (Å²) in [6, 6.07) is 13.3. The molecule has 3 atom stereocenters. The molecule has 1 amide bonds. The van der Waals surface area contributed by atoms with Crippen molar-refractivity contribution in [3.63, 3.8) is 0 Å². The van der Waals surface area contributed by atoms with Gasteiger partial charge in [0.05, 0.1) is 12.0 Å². The molecule has 2 N–H and O–H groups in total. The van der Waals surface area contributed by atoms with Gasteiger partial charge in [0.15, 0.2) is 6.23 Å². The number of hydrogen-bond acceptors (Lipinski definition) is 6. The number of benzene rings is 2. The minimum Gasteiger partial charge on any atom is -0.497 e. The molecule has 9 heteroatoms. The minimum atomic E-state index is -3.88. The first-order valence-electron chi connectivity index (χ1n) is 10.8. The van der Waals surface area contributed by atoms with Crippen molar-refractivity contribution < 1.29 is 27.4 Å². The Morgan fingerprint density at radius 2 is 1.53 bits per heavy atom. The van der Waals surface area contributed by atoms with Crippen LogP contribution in [0.2, 0.25) is 0 Å². The first-order valence-corrected chi connectivity index (χ1v) is 12.2. The number of hydrogen-bond donors (Lipinski definition) is 1. The molecule has 1 heterocycles. The molecule has 2 fully saturated rings. The third-order valence-electron chi connectivity index (χ3n) is 6.30.